The molecule has 0 aromatic heterocycles. The van der Waals surface area contributed by atoms with Crippen LogP contribution in [0.15, 0.2) is 42.5 Å². The van der Waals surface area contributed by atoms with E-state index in [-0.39, 0.29) is 28.1 Å². The van der Waals surface area contributed by atoms with E-state index < -0.39 is 10.9 Å². The number of benzene rings is 2. The van der Waals surface area contributed by atoms with Gasteiger partial charge in [-0.25, -0.2) is 4.79 Å². The molecule has 0 saturated carbocycles. The Labute approximate surface area is 107 Å². The van der Waals surface area contributed by atoms with Crippen LogP contribution in [0.5, 0.6) is 5.75 Å². The highest BCUT2D eigenvalue weighted by molar-refractivity contribution is 5.97. The van der Waals surface area contributed by atoms with Gasteiger partial charge in [0.2, 0.25) is 0 Å². The number of nitro benzene ring substituents is 1. The fourth-order valence-electron chi connectivity index (χ4n) is 1.76. The number of hydrogen-bond acceptors (Lipinski definition) is 4. The first kappa shape index (κ1) is 12.6. The lowest BCUT2D eigenvalue weighted by molar-refractivity contribution is -0.384. The normalized spacial score (nSPS) is 10.1. The van der Waals surface area contributed by atoms with Crippen LogP contribution in [0.4, 0.5) is 5.69 Å². The van der Waals surface area contributed by atoms with E-state index in [9.17, 15) is 20.0 Å². The van der Waals surface area contributed by atoms with Crippen LogP contribution in [-0.4, -0.2) is 21.1 Å². The molecule has 0 atom stereocenters. The third kappa shape index (κ3) is 2.37. The van der Waals surface area contributed by atoms with Crippen LogP contribution in [0.25, 0.3) is 11.1 Å². The van der Waals surface area contributed by atoms with Gasteiger partial charge in [-0.1, -0.05) is 18.2 Å². The molecule has 2 rings (SSSR count). The predicted molar refractivity (Wildman–Crippen MR) is 67.2 cm³/mol. The van der Waals surface area contributed by atoms with Gasteiger partial charge in [0.1, 0.15) is 5.75 Å². The van der Waals surface area contributed by atoms with Crippen LogP contribution in [-0.2, 0) is 0 Å². The number of rotatable bonds is 3. The maximum absolute atomic E-state index is 11.1. The summed E-state index contributed by atoms with van der Waals surface area (Å²) >= 11 is 0. The maximum atomic E-state index is 11.1. The van der Waals surface area contributed by atoms with Crippen molar-refractivity contribution in [3.05, 3.63) is 58.1 Å². The summed E-state index contributed by atoms with van der Waals surface area (Å²) < 4.78 is 0. The lowest BCUT2D eigenvalue weighted by atomic mass is 9.98. The molecule has 96 valence electrons. The fourth-order valence-corrected chi connectivity index (χ4v) is 1.76. The second-order valence-corrected chi connectivity index (χ2v) is 3.81. The summed E-state index contributed by atoms with van der Waals surface area (Å²) in [5, 5.41) is 29.6. The molecule has 0 amide bonds. The lowest BCUT2D eigenvalue weighted by Gasteiger charge is -2.08. The number of non-ortho nitro benzene ring substituents is 1. The van der Waals surface area contributed by atoms with E-state index in [1.54, 1.807) is 12.1 Å². The highest BCUT2D eigenvalue weighted by Gasteiger charge is 2.18. The summed E-state index contributed by atoms with van der Waals surface area (Å²) in [5.41, 5.74) is 0.0127. The zero-order valence-corrected chi connectivity index (χ0v) is 9.61. The minimum atomic E-state index is -1.21. The molecule has 0 unspecified atom stereocenters. The van der Waals surface area contributed by atoms with E-state index in [4.69, 9.17) is 5.11 Å². The largest absolute Gasteiger partial charge is 0.507 e. The van der Waals surface area contributed by atoms with Gasteiger partial charge in [-0.05, 0) is 12.1 Å². The highest BCUT2D eigenvalue weighted by atomic mass is 16.6. The first-order chi connectivity index (χ1) is 9.00. The second-order valence-electron chi connectivity index (χ2n) is 3.81. The number of phenolic OH excluding ortho intramolecular Hbond substituents is 1. The third-order valence-electron chi connectivity index (χ3n) is 2.64. The van der Waals surface area contributed by atoms with Crippen molar-refractivity contribution >= 4 is 11.7 Å². The number of phenols is 1. The van der Waals surface area contributed by atoms with Crippen LogP contribution in [0.3, 0.4) is 0 Å². The number of carboxylic acids is 1. The molecule has 2 aromatic carbocycles. The SMILES string of the molecule is O=C(O)c1ccc([N+](=O)[O-])cc1-c1ccccc1O. The van der Waals surface area contributed by atoms with Crippen molar-refractivity contribution in [2.24, 2.45) is 0 Å². The van der Waals surface area contributed by atoms with E-state index >= 15 is 0 Å². The summed E-state index contributed by atoms with van der Waals surface area (Å²) in [4.78, 5) is 21.3. The first-order valence-corrected chi connectivity index (χ1v) is 5.31. The Bertz CT molecular complexity index is 666. The van der Waals surface area contributed by atoms with Gasteiger partial charge in [0.15, 0.2) is 0 Å². The number of nitrogens with zero attached hydrogens (tertiary/aromatic N) is 1. The molecule has 0 bridgehead atoms. The molecule has 6 heteroatoms. The van der Waals surface area contributed by atoms with Gasteiger partial charge in [-0.15, -0.1) is 0 Å². The molecule has 0 heterocycles. The van der Waals surface area contributed by atoms with Crippen molar-refractivity contribution in [2.45, 2.75) is 0 Å². The van der Waals surface area contributed by atoms with E-state index in [0.29, 0.717) is 0 Å². The van der Waals surface area contributed by atoms with Gasteiger partial charge < -0.3 is 10.2 Å². The van der Waals surface area contributed by atoms with Crippen molar-refractivity contribution < 1.29 is 19.9 Å². The molecule has 0 aliphatic carbocycles. The number of carboxylic acid groups (broad SMARTS) is 1. The van der Waals surface area contributed by atoms with Gasteiger partial charge in [0, 0.05) is 23.3 Å². The maximum Gasteiger partial charge on any atom is 0.336 e. The first-order valence-electron chi connectivity index (χ1n) is 5.31. The van der Waals surface area contributed by atoms with E-state index in [0.717, 1.165) is 18.2 Å². The average molecular weight is 259 g/mol. The van der Waals surface area contributed by atoms with Gasteiger partial charge in [0.05, 0.1) is 10.5 Å². The van der Waals surface area contributed by atoms with Crippen LogP contribution >= 0.6 is 0 Å². The van der Waals surface area contributed by atoms with Crippen molar-refractivity contribution in [3.8, 4) is 16.9 Å². The highest BCUT2D eigenvalue weighted by Crippen LogP contribution is 2.33. The number of carbonyl (C=O) groups is 1. The van der Waals surface area contributed by atoms with Crippen molar-refractivity contribution in [1.29, 1.82) is 0 Å². The van der Waals surface area contributed by atoms with Crippen LogP contribution in [0.2, 0.25) is 0 Å². The molecule has 0 spiro atoms. The molecule has 0 radical (unpaired) electrons. The van der Waals surface area contributed by atoms with Crippen LogP contribution < -0.4 is 0 Å². The van der Waals surface area contributed by atoms with Gasteiger partial charge in [0.25, 0.3) is 5.69 Å². The Hall–Kier alpha value is -2.89. The molecule has 2 aromatic rings. The number of hydrogen-bond donors (Lipinski definition) is 2. The molecular weight excluding hydrogens is 250 g/mol. The Kier molecular flexibility index (Phi) is 3.15. The van der Waals surface area contributed by atoms with E-state index in [2.05, 4.69) is 0 Å². The van der Waals surface area contributed by atoms with Gasteiger partial charge in [-0.2, -0.15) is 0 Å². The average Bonchev–Trinajstić information content (AvgIpc) is 2.38. The topological polar surface area (TPSA) is 101 Å². The number of aromatic carboxylic acids is 1. The molecular formula is C13H9NO5. The predicted octanol–water partition coefficient (Wildman–Crippen LogP) is 2.67. The molecule has 6 nitrogen and oxygen atoms in total. The van der Waals surface area contributed by atoms with Crippen molar-refractivity contribution in [1.82, 2.24) is 0 Å². The zero-order valence-electron chi connectivity index (χ0n) is 9.61. The number of aromatic hydroxyl groups is 1. The second kappa shape index (κ2) is 4.77. The molecule has 2 N–H and O–H groups in total. The minimum absolute atomic E-state index is 0.105. The Balaban J connectivity index is 2.72. The molecule has 0 aliphatic heterocycles. The standard InChI is InChI=1S/C13H9NO5/c15-12-4-2-1-3-9(12)11-7-8(14(18)19)5-6-10(11)13(16)17/h1-7,15H,(H,16,17). The molecule has 0 saturated heterocycles. The summed E-state index contributed by atoms with van der Waals surface area (Å²) in [6.45, 7) is 0. The molecule has 0 aliphatic rings. The summed E-state index contributed by atoms with van der Waals surface area (Å²) in [7, 11) is 0. The monoisotopic (exact) mass is 259 g/mol. The van der Waals surface area contributed by atoms with E-state index in [1.165, 1.54) is 12.1 Å². The van der Waals surface area contributed by atoms with Gasteiger partial charge >= 0.3 is 5.97 Å². The Morgan fingerprint density at radius 1 is 1.11 bits per heavy atom. The smallest absolute Gasteiger partial charge is 0.336 e. The molecule has 19 heavy (non-hydrogen) atoms. The lowest BCUT2D eigenvalue weighted by Crippen LogP contribution is -2.01. The fraction of sp³-hybridized carbons (Fsp3) is 0. The summed E-state index contributed by atoms with van der Waals surface area (Å²) in [5.74, 6) is -1.35. The third-order valence-corrected chi connectivity index (χ3v) is 2.64. The van der Waals surface area contributed by atoms with Gasteiger partial charge in [-0.3, -0.25) is 10.1 Å². The molecule has 0 fully saturated rings. The number of para-hydroxylation sites is 1. The minimum Gasteiger partial charge on any atom is -0.507 e. The Morgan fingerprint density at radius 2 is 1.79 bits per heavy atom. The van der Waals surface area contributed by atoms with Crippen LogP contribution in [0.1, 0.15) is 10.4 Å². The van der Waals surface area contributed by atoms with Crippen molar-refractivity contribution in [2.75, 3.05) is 0 Å². The Morgan fingerprint density at radius 3 is 2.37 bits per heavy atom. The van der Waals surface area contributed by atoms with Crippen molar-refractivity contribution in [3.63, 3.8) is 0 Å². The van der Waals surface area contributed by atoms with E-state index in [1.807, 2.05) is 0 Å². The number of nitro groups is 1. The van der Waals surface area contributed by atoms with Crippen LogP contribution in [0, 0.1) is 10.1 Å². The zero-order chi connectivity index (χ0) is 14.0. The summed E-state index contributed by atoms with van der Waals surface area (Å²) in [6, 6.07) is 9.49. The quantitative estimate of drug-likeness (QED) is 0.651. The summed E-state index contributed by atoms with van der Waals surface area (Å²) in [6.07, 6.45) is 0.